The van der Waals surface area contributed by atoms with Crippen molar-refractivity contribution in [2.75, 3.05) is 11.4 Å². The van der Waals surface area contributed by atoms with Gasteiger partial charge in [-0.2, -0.15) is 0 Å². The van der Waals surface area contributed by atoms with Crippen molar-refractivity contribution in [3.05, 3.63) is 42.1 Å². The second kappa shape index (κ2) is 4.94. The number of nitrogens with one attached hydrogen (secondary N) is 1. The average Bonchev–Trinajstić information content (AvgIpc) is 3.15. The normalized spacial score (nSPS) is 22.2. The van der Waals surface area contributed by atoms with Crippen LogP contribution in [-0.4, -0.2) is 31.6 Å². The molecule has 2 N–H and O–H groups in total. The second-order valence-corrected chi connectivity index (χ2v) is 5.17. The van der Waals surface area contributed by atoms with Gasteiger partial charge < -0.3 is 15.0 Å². The number of rotatable bonds is 2. The molecule has 6 nitrogen and oxygen atoms in total. The number of pyridine rings is 2. The number of anilines is 1. The highest BCUT2D eigenvalue weighted by Gasteiger charge is 2.30. The highest BCUT2D eigenvalue weighted by molar-refractivity contribution is 5.72. The van der Waals surface area contributed by atoms with Crippen LogP contribution < -0.4 is 4.90 Å². The number of H-pyrrole nitrogens is 1. The number of imidazole rings is 1. The second-order valence-electron chi connectivity index (χ2n) is 5.17. The van der Waals surface area contributed by atoms with Crippen LogP contribution in [0.25, 0.3) is 11.2 Å². The Hall–Kier alpha value is -2.70. The Kier molecular flexibility index (Phi) is 2.67. The van der Waals surface area contributed by atoms with E-state index in [0.717, 1.165) is 18.1 Å². The first-order valence-electron chi connectivity index (χ1n) is 7.51. The fraction of sp³-hybridized carbons (Fsp3) is 0.267. The van der Waals surface area contributed by atoms with Gasteiger partial charge in [-0.25, -0.2) is 19.3 Å². The summed E-state index contributed by atoms with van der Waals surface area (Å²) in [7, 11) is 0. The van der Waals surface area contributed by atoms with Crippen LogP contribution in [0.15, 0.2) is 30.7 Å². The molecule has 0 radical (unpaired) electrons. The largest absolute Gasteiger partial charge is 0.493 e. The molecule has 0 aromatic carbocycles. The quantitative estimate of drug-likeness (QED) is 0.760. The van der Waals surface area contributed by atoms with E-state index in [1.165, 1.54) is 6.07 Å². The third kappa shape index (κ3) is 2.05. The maximum atomic E-state index is 13.6. The molecule has 112 valence electrons. The number of hydrogen-bond acceptors (Lipinski definition) is 5. The summed E-state index contributed by atoms with van der Waals surface area (Å²) in [6, 6.07) is 3.46. The Labute approximate surface area is 127 Å². The third-order valence-corrected chi connectivity index (χ3v) is 3.81. The zero-order valence-electron chi connectivity index (χ0n) is 12.6. The van der Waals surface area contributed by atoms with Crippen molar-refractivity contribution in [3.8, 4) is 5.88 Å². The van der Waals surface area contributed by atoms with Gasteiger partial charge in [0.05, 0.1) is 19.9 Å². The van der Waals surface area contributed by atoms with Gasteiger partial charge in [0.15, 0.2) is 5.65 Å². The maximum absolute atomic E-state index is 13.6. The van der Waals surface area contributed by atoms with Crippen LogP contribution in [-0.2, 0) is 0 Å². The van der Waals surface area contributed by atoms with Gasteiger partial charge in [-0.3, -0.25) is 0 Å². The van der Waals surface area contributed by atoms with E-state index in [1.807, 2.05) is 6.07 Å². The van der Waals surface area contributed by atoms with E-state index in [1.54, 1.807) is 17.3 Å². The fourth-order valence-electron chi connectivity index (χ4n) is 2.82. The van der Waals surface area contributed by atoms with Gasteiger partial charge in [0, 0.05) is 12.1 Å². The zero-order chi connectivity index (χ0) is 16.0. The number of fused-ring (bicyclic) bond motifs is 1. The number of nitrogens with zero attached hydrogens (tertiary/aromatic N) is 4. The van der Waals surface area contributed by atoms with Crippen LogP contribution in [0.2, 0.25) is 0 Å². The number of hydrogen-bond donors (Lipinski definition) is 2. The first-order valence-corrected chi connectivity index (χ1v) is 7.01. The summed E-state index contributed by atoms with van der Waals surface area (Å²) >= 11 is 0. The Morgan fingerprint density at radius 1 is 1.41 bits per heavy atom. The van der Waals surface area contributed by atoms with Gasteiger partial charge >= 0.3 is 0 Å². The minimum atomic E-state index is -1.31. The van der Waals surface area contributed by atoms with E-state index in [2.05, 4.69) is 19.9 Å². The molecule has 3 aromatic heterocycles. The zero-order valence-corrected chi connectivity index (χ0v) is 11.6. The predicted molar refractivity (Wildman–Crippen MR) is 79.1 cm³/mol. The molecule has 22 heavy (non-hydrogen) atoms. The molecule has 0 aliphatic carbocycles. The molecule has 1 aliphatic rings. The number of aromatic nitrogens is 4. The number of aromatic amines is 1. The molecule has 1 unspecified atom stereocenters. The van der Waals surface area contributed by atoms with Gasteiger partial charge in [-0.15, -0.1) is 0 Å². The van der Waals surface area contributed by atoms with Crippen molar-refractivity contribution in [1.82, 2.24) is 19.9 Å². The number of halogens is 1. The lowest BCUT2D eigenvalue weighted by Gasteiger charge is -2.26. The predicted octanol–water partition coefficient (Wildman–Crippen LogP) is 2.54. The van der Waals surface area contributed by atoms with E-state index in [0.29, 0.717) is 24.4 Å². The molecule has 1 atom stereocenters. The molecular weight excluding hydrogens is 285 g/mol. The first kappa shape index (κ1) is 11.9. The highest BCUT2D eigenvalue weighted by Crippen LogP contribution is 2.38. The van der Waals surface area contributed by atoms with Crippen molar-refractivity contribution in [2.24, 2.45) is 0 Å². The molecule has 1 fully saturated rings. The van der Waals surface area contributed by atoms with Crippen molar-refractivity contribution < 1.29 is 10.9 Å². The molecule has 1 saturated heterocycles. The maximum Gasteiger partial charge on any atom is 0.216 e. The Balaban J connectivity index is 1.82. The molecule has 0 amide bonds. The molecule has 0 saturated carbocycles. The molecule has 1 aliphatic heterocycles. The van der Waals surface area contributed by atoms with Gasteiger partial charge in [0.1, 0.15) is 17.2 Å². The lowest BCUT2D eigenvalue weighted by atomic mass is 10.1. The highest BCUT2D eigenvalue weighted by atomic mass is 19.1. The molecule has 3 aromatic rings. The topological polar surface area (TPSA) is 77.9 Å². The van der Waals surface area contributed by atoms with Crippen LogP contribution in [0.4, 0.5) is 10.2 Å². The molecular formula is C15H14FN5O. The standard InChI is InChI=1S/C15H14FN5O/c16-9-6-10(15(22)17-7-9)12-2-1-5-21(12)13-4-3-11-14(20-13)19-8-18-11/h3-4,6-8,12H,1-2,5H2,(H,17,22)(H,18,19,20)/i12D. The smallest absolute Gasteiger partial charge is 0.216 e. The van der Waals surface area contributed by atoms with Crippen LogP contribution in [0, 0.1) is 5.82 Å². The van der Waals surface area contributed by atoms with Crippen LogP contribution in [0.5, 0.6) is 5.88 Å². The summed E-state index contributed by atoms with van der Waals surface area (Å²) in [5.41, 5.74) is 1.51. The summed E-state index contributed by atoms with van der Waals surface area (Å²) in [6.45, 7) is 0.589. The van der Waals surface area contributed by atoms with Crippen molar-refractivity contribution in [1.29, 1.82) is 0 Å². The molecule has 7 heteroatoms. The minimum absolute atomic E-state index is 0.154. The van der Waals surface area contributed by atoms with Crippen molar-refractivity contribution >= 4 is 17.0 Å². The van der Waals surface area contributed by atoms with E-state index in [-0.39, 0.29) is 11.4 Å². The SMILES string of the molecule is [2H]C1(c2cc(F)cnc2O)CCCN1c1ccc2nc[nH]c2n1. The van der Waals surface area contributed by atoms with Gasteiger partial charge in [-0.1, -0.05) is 0 Å². The Morgan fingerprint density at radius 3 is 3.23 bits per heavy atom. The van der Waals surface area contributed by atoms with Gasteiger partial charge in [-0.05, 0) is 31.0 Å². The van der Waals surface area contributed by atoms with Crippen LogP contribution >= 0.6 is 0 Å². The molecule has 0 bridgehead atoms. The molecule has 4 heterocycles. The monoisotopic (exact) mass is 300 g/mol. The van der Waals surface area contributed by atoms with E-state index < -0.39 is 11.8 Å². The van der Waals surface area contributed by atoms with Gasteiger partial charge in [0.25, 0.3) is 0 Å². The van der Waals surface area contributed by atoms with Crippen molar-refractivity contribution in [3.63, 3.8) is 0 Å². The van der Waals surface area contributed by atoms with Crippen LogP contribution in [0.1, 0.15) is 25.8 Å². The minimum Gasteiger partial charge on any atom is -0.493 e. The average molecular weight is 300 g/mol. The summed E-state index contributed by atoms with van der Waals surface area (Å²) in [5.74, 6) is -0.318. The Morgan fingerprint density at radius 2 is 2.32 bits per heavy atom. The first-order chi connectivity index (χ1) is 11.1. The fourth-order valence-corrected chi connectivity index (χ4v) is 2.82. The summed E-state index contributed by atoms with van der Waals surface area (Å²) in [5, 5.41) is 10.0. The van der Waals surface area contributed by atoms with Gasteiger partial charge in [0.2, 0.25) is 5.88 Å². The molecule has 4 rings (SSSR count). The summed E-state index contributed by atoms with van der Waals surface area (Å²) < 4.78 is 22.4. The summed E-state index contributed by atoms with van der Waals surface area (Å²) in [6.07, 6.45) is 3.69. The van der Waals surface area contributed by atoms with Crippen molar-refractivity contribution in [2.45, 2.75) is 18.9 Å². The lowest BCUT2D eigenvalue weighted by molar-refractivity contribution is 0.434. The third-order valence-electron chi connectivity index (χ3n) is 3.81. The Bertz CT molecular complexity index is 885. The lowest BCUT2D eigenvalue weighted by Crippen LogP contribution is -2.23. The van der Waals surface area contributed by atoms with E-state index in [4.69, 9.17) is 1.37 Å². The van der Waals surface area contributed by atoms with Crippen LogP contribution in [0.3, 0.4) is 0 Å². The van der Waals surface area contributed by atoms with E-state index in [9.17, 15) is 9.50 Å². The number of aromatic hydroxyl groups is 1. The summed E-state index contributed by atoms with van der Waals surface area (Å²) in [4.78, 5) is 16.9. The molecule has 0 spiro atoms. The van der Waals surface area contributed by atoms with E-state index >= 15 is 0 Å².